The summed E-state index contributed by atoms with van der Waals surface area (Å²) >= 11 is 1.59. The Bertz CT molecular complexity index is 494. The van der Waals surface area contributed by atoms with Gasteiger partial charge in [-0.25, -0.2) is 0 Å². The average Bonchev–Trinajstić information content (AvgIpc) is 2.85. The Kier molecular flexibility index (Phi) is 5.40. The maximum atomic E-state index is 11.8. The van der Waals surface area contributed by atoms with Crippen LogP contribution in [0, 0.1) is 10.1 Å². The topological polar surface area (TPSA) is 104 Å². The Balaban J connectivity index is 0.00000180. The standard InChI is InChI=1S/C10H11N3O4S.ClH/c14-9-2-1-6(13(16)17)3-7(9)12-10(15)8-4-18-5-11-8;/h1-3,8,11,14H,4-5H2,(H,12,15);1H. The van der Waals surface area contributed by atoms with Gasteiger partial charge in [0.2, 0.25) is 5.91 Å². The maximum absolute atomic E-state index is 11.8. The van der Waals surface area contributed by atoms with Crippen molar-refractivity contribution in [3.05, 3.63) is 28.3 Å². The Hall–Kier alpha value is -1.51. The predicted molar refractivity (Wildman–Crippen MR) is 74.9 cm³/mol. The first kappa shape index (κ1) is 15.5. The van der Waals surface area contributed by atoms with E-state index in [1.54, 1.807) is 11.8 Å². The molecule has 1 amide bonds. The number of carbonyl (C=O) groups excluding carboxylic acids is 1. The fourth-order valence-corrected chi connectivity index (χ4v) is 2.46. The van der Waals surface area contributed by atoms with Crippen molar-refractivity contribution in [3.63, 3.8) is 0 Å². The molecule has 0 radical (unpaired) electrons. The van der Waals surface area contributed by atoms with Crippen molar-refractivity contribution in [2.24, 2.45) is 0 Å². The van der Waals surface area contributed by atoms with Crippen molar-refractivity contribution in [2.75, 3.05) is 16.9 Å². The number of halogens is 1. The number of nitrogens with zero attached hydrogens (tertiary/aromatic N) is 1. The molecule has 1 saturated heterocycles. The van der Waals surface area contributed by atoms with Crippen LogP contribution >= 0.6 is 24.2 Å². The van der Waals surface area contributed by atoms with E-state index in [2.05, 4.69) is 10.6 Å². The van der Waals surface area contributed by atoms with Gasteiger partial charge in [0, 0.05) is 23.8 Å². The molecule has 19 heavy (non-hydrogen) atoms. The minimum absolute atomic E-state index is 0. The monoisotopic (exact) mass is 305 g/mol. The third-order valence-electron chi connectivity index (χ3n) is 2.48. The summed E-state index contributed by atoms with van der Waals surface area (Å²) in [5, 5.41) is 25.6. The molecule has 1 aromatic rings. The zero-order valence-corrected chi connectivity index (χ0v) is 11.3. The van der Waals surface area contributed by atoms with Crippen LogP contribution in [0.15, 0.2) is 18.2 Å². The van der Waals surface area contributed by atoms with Gasteiger partial charge in [-0.05, 0) is 6.07 Å². The molecule has 104 valence electrons. The lowest BCUT2D eigenvalue weighted by Gasteiger charge is -2.11. The summed E-state index contributed by atoms with van der Waals surface area (Å²) < 4.78 is 0. The second-order valence-corrected chi connectivity index (χ2v) is 4.75. The Labute approximate surface area is 119 Å². The van der Waals surface area contributed by atoms with E-state index in [-0.39, 0.29) is 41.5 Å². The van der Waals surface area contributed by atoms with Gasteiger partial charge in [-0.3, -0.25) is 20.2 Å². The van der Waals surface area contributed by atoms with Crippen molar-refractivity contribution < 1.29 is 14.8 Å². The van der Waals surface area contributed by atoms with Crippen LogP contribution in [0.25, 0.3) is 0 Å². The Morgan fingerprint density at radius 2 is 2.32 bits per heavy atom. The van der Waals surface area contributed by atoms with E-state index in [1.165, 1.54) is 12.1 Å². The zero-order valence-electron chi connectivity index (χ0n) is 9.66. The van der Waals surface area contributed by atoms with Gasteiger partial charge >= 0.3 is 0 Å². The molecule has 0 aliphatic carbocycles. The first-order valence-corrected chi connectivity index (χ1v) is 6.33. The number of nitro groups is 1. The number of benzene rings is 1. The molecule has 2 rings (SSSR count). The third-order valence-corrected chi connectivity index (χ3v) is 3.42. The first-order valence-electron chi connectivity index (χ1n) is 5.17. The van der Waals surface area contributed by atoms with Crippen molar-refractivity contribution in [1.82, 2.24) is 5.32 Å². The van der Waals surface area contributed by atoms with Gasteiger partial charge in [-0.2, -0.15) is 0 Å². The molecular weight excluding hydrogens is 294 g/mol. The number of amides is 1. The quantitative estimate of drug-likeness (QED) is 0.442. The summed E-state index contributed by atoms with van der Waals surface area (Å²) in [5.41, 5.74) is -0.134. The minimum atomic E-state index is -0.585. The summed E-state index contributed by atoms with van der Waals surface area (Å²) in [6.07, 6.45) is 0. The fourth-order valence-electron chi connectivity index (χ4n) is 1.52. The molecule has 3 N–H and O–H groups in total. The summed E-state index contributed by atoms with van der Waals surface area (Å²) in [4.78, 5) is 21.8. The number of carbonyl (C=O) groups is 1. The molecule has 1 atom stereocenters. The summed E-state index contributed by atoms with van der Waals surface area (Å²) in [6.45, 7) is 0. The molecule has 7 nitrogen and oxygen atoms in total. The van der Waals surface area contributed by atoms with Crippen LogP contribution in [-0.4, -0.2) is 33.6 Å². The smallest absolute Gasteiger partial charge is 0.271 e. The van der Waals surface area contributed by atoms with E-state index >= 15 is 0 Å². The number of hydrogen-bond acceptors (Lipinski definition) is 6. The van der Waals surface area contributed by atoms with Crippen LogP contribution < -0.4 is 10.6 Å². The lowest BCUT2D eigenvalue weighted by atomic mass is 10.2. The summed E-state index contributed by atoms with van der Waals surface area (Å²) in [7, 11) is 0. The highest BCUT2D eigenvalue weighted by atomic mass is 35.5. The number of nitrogens with one attached hydrogen (secondary N) is 2. The van der Waals surface area contributed by atoms with E-state index in [4.69, 9.17) is 0 Å². The molecule has 1 unspecified atom stereocenters. The summed E-state index contributed by atoms with van der Waals surface area (Å²) in [5.74, 6) is 0.830. The fraction of sp³-hybridized carbons (Fsp3) is 0.300. The van der Waals surface area contributed by atoms with Crippen molar-refractivity contribution in [1.29, 1.82) is 0 Å². The predicted octanol–water partition coefficient (Wildman–Crippen LogP) is 1.32. The molecule has 0 bridgehead atoms. The van der Waals surface area contributed by atoms with Gasteiger partial charge in [-0.15, -0.1) is 24.2 Å². The van der Waals surface area contributed by atoms with E-state index < -0.39 is 4.92 Å². The zero-order chi connectivity index (χ0) is 13.1. The lowest BCUT2D eigenvalue weighted by Crippen LogP contribution is -2.37. The number of nitro benzene ring substituents is 1. The second-order valence-electron chi connectivity index (χ2n) is 3.72. The van der Waals surface area contributed by atoms with Crippen LogP contribution in [-0.2, 0) is 4.79 Å². The number of hydrogen-bond donors (Lipinski definition) is 3. The van der Waals surface area contributed by atoms with E-state index in [0.717, 1.165) is 6.07 Å². The number of aromatic hydroxyl groups is 1. The number of phenols is 1. The molecule has 0 saturated carbocycles. The number of non-ortho nitro benzene ring substituents is 1. The molecule has 1 aliphatic rings. The van der Waals surface area contributed by atoms with E-state index in [0.29, 0.717) is 11.6 Å². The second kappa shape index (κ2) is 6.60. The SMILES string of the molecule is Cl.O=C(Nc1cc([N+](=O)[O-])ccc1O)C1CSCN1. The Morgan fingerprint density at radius 1 is 1.58 bits per heavy atom. The number of phenolic OH excluding ortho intramolecular Hbond substituents is 1. The molecule has 9 heteroatoms. The van der Waals surface area contributed by atoms with Crippen molar-refractivity contribution in [3.8, 4) is 5.75 Å². The van der Waals surface area contributed by atoms with Crippen molar-refractivity contribution in [2.45, 2.75) is 6.04 Å². The van der Waals surface area contributed by atoms with Crippen molar-refractivity contribution >= 4 is 41.5 Å². The van der Waals surface area contributed by atoms with Gasteiger partial charge in [0.25, 0.3) is 5.69 Å². The van der Waals surface area contributed by atoms with Crippen LogP contribution in [0.1, 0.15) is 0 Å². The average molecular weight is 306 g/mol. The van der Waals surface area contributed by atoms with Gasteiger partial charge in [0.15, 0.2) is 0 Å². The third kappa shape index (κ3) is 3.72. The number of anilines is 1. The number of rotatable bonds is 3. The molecule has 1 heterocycles. The molecule has 1 aromatic carbocycles. The normalized spacial score (nSPS) is 17.6. The maximum Gasteiger partial charge on any atom is 0.271 e. The number of thioether (sulfide) groups is 1. The highest BCUT2D eigenvalue weighted by Gasteiger charge is 2.23. The minimum Gasteiger partial charge on any atom is -0.506 e. The van der Waals surface area contributed by atoms with Gasteiger partial charge in [-0.1, -0.05) is 0 Å². The van der Waals surface area contributed by atoms with E-state index in [9.17, 15) is 20.0 Å². The summed E-state index contributed by atoms with van der Waals surface area (Å²) in [6, 6.07) is 3.16. The van der Waals surface area contributed by atoms with Crippen LogP contribution in [0.5, 0.6) is 5.75 Å². The highest BCUT2D eigenvalue weighted by Crippen LogP contribution is 2.28. The lowest BCUT2D eigenvalue weighted by molar-refractivity contribution is -0.384. The molecule has 0 aromatic heterocycles. The van der Waals surface area contributed by atoms with Gasteiger partial charge in [0.05, 0.1) is 16.7 Å². The molecule has 1 fully saturated rings. The molecular formula is C10H12ClN3O4S. The van der Waals surface area contributed by atoms with Gasteiger partial charge < -0.3 is 10.4 Å². The highest BCUT2D eigenvalue weighted by molar-refractivity contribution is 7.99. The van der Waals surface area contributed by atoms with Crippen LogP contribution in [0.2, 0.25) is 0 Å². The Morgan fingerprint density at radius 3 is 2.89 bits per heavy atom. The van der Waals surface area contributed by atoms with Gasteiger partial charge in [0.1, 0.15) is 5.75 Å². The largest absolute Gasteiger partial charge is 0.506 e. The first-order chi connectivity index (χ1) is 8.58. The van der Waals surface area contributed by atoms with Crippen LogP contribution in [0.4, 0.5) is 11.4 Å². The van der Waals surface area contributed by atoms with Crippen LogP contribution in [0.3, 0.4) is 0 Å². The van der Waals surface area contributed by atoms with E-state index in [1.807, 2.05) is 0 Å². The molecule has 0 spiro atoms. The molecule has 1 aliphatic heterocycles.